The van der Waals surface area contributed by atoms with E-state index in [1.54, 1.807) is 0 Å². The number of H-pyrrole nitrogens is 1. The van der Waals surface area contributed by atoms with Gasteiger partial charge in [-0.05, 0) is 12.5 Å². The summed E-state index contributed by atoms with van der Waals surface area (Å²) in [4.78, 5) is 22.4. The Morgan fingerprint density at radius 2 is 2.29 bits per heavy atom. The first kappa shape index (κ1) is 11.6. The molecule has 2 aromatic rings. The third kappa shape index (κ3) is 2.43. The number of hydrogen-bond donors (Lipinski definition) is 2. The minimum atomic E-state index is -0.957. The van der Waals surface area contributed by atoms with Crippen molar-refractivity contribution in [2.24, 2.45) is 0 Å². The van der Waals surface area contributed by atoms with Crippen molar-refractivity contribution in [3.05, 3.63) is 23.7 Å². The Labute approximate surface area is 98.9 Å². The lowest BCUT2D eigenvalue weighted by molar-refractivity contribution is 0.0698. The molecule has 2 N–H and O–H groups in total. The fourth-order valence-electron chi connectivity index (χ4n) is 1.80. The van der Waals surface area contributed by atoms with E-state index in [0.29, 0.717) is 11.2 Å². The molecule has 0 unspecified atom stereocenters. The van der Waals surface area contributed by atoms with E-state index in [2.05, 4.69) is 21.9 Å². The van der Waals surface area contributed by atoms with E-state index in [1.807, 2.05) is 0 Å². The molecular weight excluding hydrogens is 218 g/mol. The van der Waals surface area contributed by atoms with E-state index in [1.165, 1.54) is 12.3 Å². The second-order valence-electron chi connectivity index (χ2n) is 4.00. The van der Waals surface area contributed by atoms with E-state index < -0.39 is 5.97 Å². The molecule has 0 aliphatic heterocycles. The van der Waals surface area contributed by atoms with Crippen molar-refractivity contribution < 1.29 is 9.90 Å². The molecule has 0 aliphatic carbocycles. The van der Waals surface area contributed by atoms with Crippen molar-refractivity contribution >= 4 is 17.1 Å². The number of nitrogens with one attached hydrogen (secondary N) is 1. The molecule has 2 rings (SSSR count). The summed E-state index contributed by atoms with van der Waals surface area (Å²) in [6.45, 7) is 2.14. The van der Waals surface area contributed by atoms with Crippen molar-refractivity contribution in [1.29, 1.82) is 0 Å². The van der Waals surface area contributed by atoms with Gasteiger partial charge in [0.2, 0.25) is 0 Å². The van der Waals surface area contributed by atoms with Crippen LogP contribution in [0.2, 0.25) is 0 Å². The van der Waals surface area contributed by atoms with E-state index in [4.69, 9.17) is 5.11 Å². The number of hydrogen-bond acceptors (Lipinski definition) is 3. The SMILES string of the molecule is CCCCCc1nc2nccc(C(=O)O)c2[nH]1. The number of pyridine rings is 1. The van der Waals surface area contributed by atoms with Gasteiger partial charge in [-0.1, -0.05) is 19.8 Å². The Hall–Kier alpha value is -1.91. The predicted octanol–water partition coefficient (Wildman–Crippen LogP) is 2.39. The lowest BCUT2D eigenvalue weighted by Gasteiger charge is -1.95. The highest BCUT2D eigenvalue weighted by Gasteiger charge is 2.12. The maximum atomic E-state index is 11.0. The second kappa shape index (κ2) is 4.95. The van der Waals surface area contributed by atoms with Crippen LogP contribution in [0.5, 0.6) is 0 Å². The summed E-state index contributed by atoms with van der Waals surface area (Å²) >= 11 is 0. The number of imidazole rings is 1. The van der Waals surface area contributed by atoms with Gasteiger partial charge in [0.15, 0.2) is 5.65 Å². The zero-order valence-electron chi connectivity index (χ0n) is 9.73. The highest BCUT2D eigenvalue weighted by atomic mass is 16.4. The number of carboxylic acid groups (broad SMARTS) is 1. The number of carbonyl (C=O) groups is 1. The zero-order chi connectivity index (χ0) is 12.3. The number of fused-ring (bicyclic) bond motifs is 1. The molecule has 0 amide bonds. The molecule has 0 bridgehead atoms. The largest absolute Gasteiger partial charge is 0.478 e. The van der Waals surface area contributed by atoms with Crippen LogP contribution in [-0.4, -0.2) is 26.0 Å². The Morgan fingerprint density at radius 1 is 1.47 bits per heavy atom. The minimum absolute atomic E-state index is 0.226. The summed E-state index contributed by atoms with van der Waals surface area (Å²) in [5, 5.41) is 9.03. The zero-order valence-corrected chi connectivity index (χ0v) is 9.73. The molecule has 0 saturated heterocycles. The summed E-state index contributed by atoms with van der Waals surface area (Å²) < 4.78 is 0. The lowest BCUT2D eigenvalue weighted by Crippen LogP contribution is -1.97. The first-order chi connectivity index (χ1) is 8.22. The number of carboxylic acids is 1. The highest BCUT2D eigenvalue weighted by molar-refractivity contribution is 5.99. The first-order valence-corrected chi connectivity index (χ1v) is 5.79. The maximum absolute atomic E-state index is 11.0. The van der Waals surface area contributed by atoms with Gasteiger partial charge in [0.05, 0.1) is 11.1 Å². The van der Waals surface area contributed by atoms with Crippen LogP contribution in [0.1, 0.15) is 42.4 Å². The van der Waals surface area contributed by atoms with Gasteiger partial charge in [0.1, 0.15) is 5.82 Å². The van der Waals surface area contributed by atoms with Gasteiger partial charge < -0.3 is 10.1 Å². The van der Waals surface area contributed by atoms with Crippen LogP contribution >= 0.6 is 0 Å². The Morgan fingerprint density at radius 3 is 3.00 bits per heavy atom. The molecule has 0 radical (unpaired) electrons. The van der Waals surface area contributed by atoms with Crippen LogP contribution in [0.4, 0.5) is 0 Å². The quantitative estimate of drug-likeness (QED) is 0.777. The number of aromatic nitrogens is 3. The molecule has 2 aromatic heterocycles. The predicted molar refractivity (Wildman–Crippen MR) is 64.1 cm³/mol. The average Bonchev–Trinajstić information content (AvgIpc) is 2.71. The lowest BCUT2D eigenvalue weighted by atomic mass is 10.2. The van der Waals surface area contributed by atoms with E-state index >= 15 is 0 Å². The molecule has 0 atom stereocenters. The fourth-order valence-corrected chi connectivity index (χ4v) is 1.80. The van der Waals surface area contributed by atoms with Crippen molar-refractivity contribution in [3.8, 4) is 0 Å². The smallest absolute Gasteiger partial charge is 0.338 e. The summed E-state index contributed by atoms with van der Waals surface area (Å²) in [5.74, 6) is -0.143. The molecule has 90 valence electrons. The molecule has 0 saturated carbocycles. The standard InChI is InChI=1S/C12H15N3O2/c1-2-3-4-5-9-14-10-8(12(16)17)6-7-13-11(10)15-9/h6-7H,2-5H2,1H3,(H,16,17)(H,13,14,15). The summed E-state index contributed by atoms with van der Waals surface area (Å²) in [6, 6.07) is 1.48. The molecule has 0 aromatic carbocycles. The number of unbranched alkanes of at least 4 members (excludes halogenated alkanes) is 2. The molecule has 2 heterocycles. The first-order valence-electron chi connectivity index (χ1n) is 5.79. The third-order valence-electron chi connectivity index (χ3n) is 2.69. The Balaban J connectivity index is 2.30. The van der Waals surface area contributed by atoms with Gasteiger partial charge in [0, 0.05) is 12.6 Å². The third-order valence-corrected chi connectivity index (χ3v) is 2.69. The van der Waals surface area contributed by atoms with Gasteiger partial charge in [-0.2, -0.15) is 0 Å². The van der Waals surface area contributed by atoms with Gasteiger partial charge in [-0.25, -0.2) is 14.8 Å². The van der Waals surface area contributed by atoms with Crippen molar-refractivity contribution in [3.63, 3.8) is 0 Å². The molecule has 17 heavy (non-hydrogen) atoms. The van der Waals surface area contributed by atoms with Crippen molar-refractivity contribution in [2.75, 3.05) is 0 Å². The monoisotopic (exact) mass is 233 g/mol. The number of aryl methyl sites for hydroxylation is 1. The van der Waals surface area contributed by atoms with Crippen LogP contribution in [0.25, 0.3) is 11.2 Å². The topological polar surface area (TPSA) is 78.9 Å². The molecule has 0 spiro atoms. The van der Waals surface area contributed by atoms with Gasteiger partial charge in [-0.15, -0.1) is 0 Å². The molecule has 0 aliphatic rings. The van der Waals surface area contributed by atoms with Gasteiger partial charge >= 0.3 is 5.97 Å². The van der Waals surface area contributed by atoms with Crippen LogP contribution in [0, 0.1) is 0 Å². The van der Waals surface area contributed by atoms with Gasteiger partial charge in [0.25, 0.3) is 0 Å². The van der Waals surface area contributed by atoms with Crippen LogP contribution < -0.4 is 0 Å². The van der Waals surface area contributed by atoms with Crippen LogP contribution in [0.15, 0.2) is 12.3 Å². The molecule has 5 heteroatoms. The van der Waals surface area contributed by atoms with E-state index in [0.717, 1.165) is 31.5 Å². The number of aromatic amines is 1. The number of aromatic carboxylic acids is 1. The van der Waals surface area contributed by atoms with Crippen molar-refractivity contribution in [1.82, 2.24) is 15.0 Å². The van der Waals surface area contributed by atoms with Gasteiger partial charge in [-0.3, -0.25) is 0 Å². The molecular formula is C12H15N3O2. The van der Waals surface area contributed by atoms with Crippen molar-refractivity contribution in [2.45, 2.75) is 32.6 Å². The Bertz CT molecular complexity index is 534. The second-order valence-corrected chi connectivity index (χ2v) is 4.00. The van der Waals surface area contributed by atoms with Crippen LogP contribution in [-0.2, 0) is 6.42 Å². The van der Waals surface area contributed by atoms with E-state index in [9.17, 15) is 4.79 Å². The molecule has 5 nitrogen and oxygen atoms in total. The summed E-state index contributed by atoms with van der Waals surface area (Å²) in [7, 11) is 0. The van der Waals surface area contributed by atoms with Crippen LogP contribution in [0.3, 0.4) is 0 Å². The highest BCUT2D eigenvalue weighted by Crippen LogP contribution is 2.15. The molecule has 0 fully saturated rings. The summed E-state index contributed by atoms with van der Waals surface area (Å²) in [6.07, 6.45) is 5.67. The Kier molecular flexibility index (Phi) is 3.37. The normalized spacial score (nSPS) is 10.9. The summed E-state index contributed by atoms with van der Waals surface area (Å²) in [5.41, 5.74) is 1.23. The number of rotatable bonds is 5. The maximum Gasteiger partial charge on any atom is 0.338 e. The minimum Gasteiger partial charge on any atom is -0.478 e. The van der Waals surface area contributed by atoms with E-state index in [-0.39, 0.29) is 5.56 Å². The fraction of sp³-hybridized carbons (Fsp3) is 0.417. The number of nitrogens with zero attached hydrogens (tertiary/aromatic N) is 2. The average molecular weight is 233 g/mol.